The number of carbonyl (C=O) groups is 1. The number of hydrogen-bond acceptors (Lipinski definition) is 4. The fourth-order valence-corrected chi connectivity index (χ4v) is 2.75. The summed E-state index contributed by atoms with van der Waals surface area (Å²) in [6.07, 6.45) is 5.21. The molecule has 2 aromatic heterocycles. The van der Waals surface area contributed by atoms with Crippen LogP contribution in [0, 0.1) is 0 Å². The number of nitrogens with one attached hydrogen (secondary N) is 1. The second kappa shape index (κ2) is 8.18. The van der Waals surface area contributed by atoms with Crippen LogP contribution in [0.4, 0.5) is 0 Å². The van der Waals surface area contributed by atoms with Gasteiger partial charge in [0.1, 0.15) is 11.5 Å². The second-order valence-corrected chi connectivity index (χ2v) is 6.06. The van der Waals surface area contributed by atoms with E-state index in [2.05, 4.69) is 15.4 Å². The maximum atomic E-state index is 12.5. The molecular formula is C22H18N4O2. The summed E-state index contributed by atoms with van der Waals surface area (Å²) in [6.45, 7) is 0.351. The fraction of sp³-hybridized carbons (Fsp3) is 0.0455. The van der Waals surface area contributed by atoms with Crippen molar-refractivity contribution < 1.29 is 9.53 Å². The molecule has 0 saturated heterocycles. The Morgan fingerprint density at radius 2 is 1.68 bits per heavy atom. The number of hydrogen-bond donors (Lipinski definition) is 1. The van der Waals surface area contributed by atoms with Crippen LogP contribution in [0.1, 0.15) is 15.9 Å². The van der Waals surface area contributed by atoms with Gasteiger partial charge in [0, 0.05) is 36.3 Å². The molecule has 0 bridgehead atoms. The van der Waals surface area contributed by atoms with E-state index in [9.17, 15) is 4.79 Å². The highest BCUT2D eigenvalue weighted by Crippen LogP contribution is 2.21. The zero-order valence-electron chi connectivity index (χ0n) is 15.0. The van der Waals surface area contributed by atoms with Gasteiger partial charge in [0.25, 0.3) is 5.91 Å². The molecule has 2 heterocycles. The van der Waals surface area contributed by atoms with E-state index in [0.717, 1.165) is 11.3 Å². The van der Waals surface area contributed by atoms with Gasteiger partial charge in [0.15, 0.2) is 5.82 Å². The molecule has 0 atom stereocenters. The number of para-hydroxylation sites is 1. The van der Waals surface area contributed by atoms with Crippen molar-refractivity contribution in [1.29, 1.82) is 0 Å². The molecule has 28 heavy (non-hydrogen) atoms. The average Bonchev–Trinajstić information content (AvgIpc) is 3.28. The number of nitrogens with zero attached hydrogens (tertiary/aromatic N) is 3. The normalized spacial score (nSPS) is 10.4. The van der Waals surface area contributed by atoms with Gasteiger partial charge in [0.05, 0.1) is 0 Å². The average molecular weight is 370 g/mol. The predicted octanol–water partition coefficient (Wildman–Crippen LogP) is 3.99. The quantitative estimate of drug-likeness (QED) is 0.557. The molecule has 4 rings (SSSR count). The fourth-order valence-electron chi connectivity index (χ4n) is 2.75. The molecule has 138 valence electrons. The minimum absolute atomic E-state index is 0.165. The first kappa shape index (κ1) is 17.5. The van der Waals surface area contributed by atoms with Crippen molar-refractivity contribution in [3.63, 3.8) is 0 Å². The number of rotatable bonds is 6. The van der Waals surface area contributed by atoms with E-state index in [1.54, 1.807) is 41.3 Å². The summed E-state index contributed by atoms with van der Waals surface area (Å²) in [6, 6.07) is 22.1. The zero-order chi connectivity index (χ0) is 19.2. The number of benzene rings is 2. The minimum atomic E-state index is -0.165. The molecule has 0 fully saturated rings. The van der Waals surface area contributed by atoms with Gasteiger partial charge in [0.2, 0.25) is 0 Å². The molecule has 6 heteroatoms. The van der Waals surface area contributed by atoms with E-state index >= 15 is 0 Å². The molecule has 0 unspecified atom stereocenters. The Labute approximate surface area is 162 Å². The highest BCUT2D eigenvalue weighted by Gasteiger charge is 2.10. The van der Waals surface area contributed by atoms with Crippen LogP contribution in [0.5, 0.6) is 11.5 Å². The number of amides is 1. The molecule has 0 aliphatic heterocycles. The summed E-state index contributed by atoms with van der Waals surface area (Å²) in [5.41, 5.74) is 1.44. The Kier molecular flexibility index (Phi) is 5.11. The van der Waals surface area contributed by atoms with Crippen LogP contribution < -0.4 is 10.1 Å². The third kappa shape index (κ3) is 4.07. The van der Waals surface area contributed by atoms with Crippen LogP contribution in [0.3, 0.4) is 0 Å². The summed E-state index contributed by atoms with van der Waals surface area (Å²) in [7, 11) is 0. The second-order valence-electron chi connectivity index (χ2n) is 6.06. The van der Waals surface area contributed by atoms with Crippen molar-refractivity contribution in [3.05, 3.63) is 103 Å². The van der Waals surface area contributed by atoms with Crippen LogP contribution in [0.2, 0.25) is 0 Å². The summed E-state index contributed by atoms with van der Waals surface area (Å²) in [5, 5.41) is 7.13. The monoisotopic (exact) mass is 370 g/mol. The van der Waals surface area contributed by atoms with Crippen molar-refractivity contribution in [1.82, 2.24) is 20.1 Å². The molecule has 0 aliphatic carbocycles. The van der Waals surface area contributed by atoms with Crippen molar-refractivity contribution in [2.45, 2.75) is 6.54 Å². The molecule has 6 nitrogen and oxygen atoms in total. The lowest BCUT2D eigenvalue weighted by Gasteiger charge is -2.10. The van der Waals surface area contributed by atoms with Gasteiger partial charge in [-0.1, -0.05) is 24.3 Å². The minimum Gasteiger partial charge on any atom is -0.457 e. The molecule has 1 amide bonds. The van der Waals surface area contributed by atoms with Crippen LogP contribution in [-0.4, -0.2) is 20.7 Å². The molecule has 0 saturated carbocycles. The van der Waals surface area contributed by atoms with Gasteiger partial charge >= 0.3 is 0 Å². The molecule has 1 N–H and O–H groups in total. The molecule has 0 radical (unpaired) electrons. The maximum absolute atomic E-state index is 12.5. The zero-order valence-corrected chi connectivity index (χ0v) is 15.0. The number of ether oxygens (including phenoxy) is 1. The van der Waals surface area contributed by atoms with Gasteiger partial charge < -0.3 is 10.1 Å². The van der Waals surface area contributed by atoms with E-state index in [-0.39, 0.29) is 5.91 Å². The number of aromatic nitrogens is 3. The van der Waals surface area contributed by atoms with Crippen LogP contribution in [0.25, 0.3) is 5.82 Å². The Morgan fingerprint density at radius 3 is 2.43 bits per heavy atom. The van der Waals surface area contributed by atoms with Crippen molar-refractivity contribution in [2.75, 3.05) is 0 Å². The summed E-state index contributed by atoms with van der Waals surface area (Å²) >= 11 is 0. The predicted molar refractivity (Wildman–Crippen MR) is 105 cm³/mol. The third-order valence-corrected chi connectivity index (χ3v) is 4.12. The molecule has 0 spiro atoms. The van der Waals surface area contributed by atoms with Crippen LogP contribution in [0.15, 0.2) is 91.4 Å². The number of pyridine rings is 1. The Hall–Kier alpha value is -3.93. The lowest BCUT2D eigenvalue weighted by Crippen LogP contribution is -2.23. The van der Waals surface area contributed by atoms with Gasteiger partial charge in [-0.25, -0.2) is 9.67 Å². The molecule has 0 aliphatic rings. The molecule has 4 aromatic rings. The van der Waals surface area contributed by atoms with E-state index < -0.39 is 0 Å². The molecule has 2 aromatic carbocycles. The lowest BCUT2D eigenvalue weighted by molar-refractivity contribution is 0.0951. The largest absolute Gasteiger partial charge is 0.457 e. The Bertz CT molecular complexity index is 1050. The molecular weight excluding hydrogens is 352 g/mol. The van der Waals surface area contributed by atoms with Gasteiger partial charge in [-0.3, -0.25) is 4.79 Å². The Balaban J connectivity index is 1.41. The van der Waals surface area contributed by atoms with E-state index in [1.807, 2.05) is 54.7 Å². The lowest BCUT2D eigenvalue weighted by atomic mass is 10.2. The van der Waals surface area contributed by atoms with Crippen LogP contribution in [-0.2, 0) is 6.54 Å². The topological polar surface area (TPSA) is 69.0 Å². The number of carbonyl (C=O) groups excluding carboxylic acids is 1. The van der Waals surface area contributed by atoms with E-state index in [1.165, 1.54) is 0 Å². The van der Waals surface area contributed by atoms with Crippen LogP contribution >= 0.6 is 0 Å². The van der Waals surface area contributed by atoms with Gasteiger partial charge in [-0.15, -0.1) is 0 Å². The van der Waals surface area contributed by atoms with Crippen molar-refractivity contribution in [3.8, 4) is 17.3 Å². The van der Waals surface area contributed by atoms with E-state index in [4.69, 9.17) is 4.74 Å². The first-order chi connectivity index (χ1) is 13.8. The van der Waals surface area contributed by atoms with Gasteiger partial charge in [-0.2, -0.15) is 5.10 Å². The standard InChI is InChI=1S/C22H18N4O2/c27-22(17-9-11-20(12-10-17)28-19-7-2-1-3-8-19)24-16-18-6-4-13-23-21(18)26-15-5-14-25-26/h1-15H,16H2,(H,24,27). The van der Waals surface area contributed by atoms with Gasteiger partial charge in [-0.05, 0) is 48.5 Å². The first-order valence-electron chi connectivity index (χ1n) is 8.85. The van der Waals surface area contributed by atoms with Crippen molar-refractivity contribution in [2.24, 2.45) is 0 Å². The highest BCUT2D eigenvalue weighted by molar-refractivity contribution is 5.94. The summed E-state index contributed by atoms with van der Waals surface area (Å²) < 4.78 is 7.43. The summed E-state index contributed by atoms with van der Waals surface area (Å²) in [4.78, 5) is 16.8. The third-order valence-electron chi connectivity index (χ3n) is 4.12. The van der Waals surface area contributed by atoms with E-state index in [0.29, 0.717) is 23.7 Å². The Morgan fingerprint density at radius 1 is 0.893 bits per heavy atom. The first-order valence-corrected chi connectivity index (χ1v) is 8.85. The summed E-state index contributed by atoms with van der Waals surface area (Å²) in [5.74, 6) is 1.96. The smallest absolute Gasteiger partial charge is 0.251 e. The highest BCUT2D eigenvalue weighted by atomic mass is 16.5. The SMILES string of the molecule is O=C(NCc1cccnc1-n1cccn1)c1ccc(Oc2ccccc2)cc1. The maximum Gasteiger partial charge on any atom is 0.251 e. The van der Waals surface area contributed by atoms with Crippen molar-refractivity contribution >= 4 is 5.91 Å².